The van der Waals surface area contributed by atoms with Crippen molar-refractivity contribution in [3.8, 4) is 12.3 Å². The quantitative estimate of drug-likeness (QED) is 0.501. The Morgan fingerprint density at radius 2 is 2.50 bits per heavy atom. The first-order valence-corrected chi connectivity index (χ1v) is 4.59. The van der Waals surface area contributed by atoms with Gasteiger partial charge in [0.15, 0.2) is 0 Å². The third kappa shape index (κ3) is 2.25. The normalized spacial score (nSPS) is 20.4. The highest BCUT2D eigenvalue weighted by Gasteiger charge is 2.34. The van der Waals surface area contributed by atoms with Crippen molar-refractivity contribution in [3.05, 3.63) is 0 Å². The molecule has 0 N–H and O–H groups in total. The molecule has 1 rings (SSSR count). The summed E-state index contributed by atoms with van der Waals surface area (Å²) in [6.07, 6.45) is 6.00. The SMILES string of the molecule is C#CCCCC(=O)N1C(=O)OC[C@@H]1C. The lowest BCUT2D eigenvalue weighted by molar-refractivity contribution is -0.129. The second kappa shape index (κ2) is 4.66. The van der Waals surface area contributed by atoms with Crippen LogP contribution >= 0.6 is 0 Å². The lowest BCUT2D eigenvalue weighted by Crippen LogP contribution is -2.37. The highest BCUT2D eigenvalue weighted by atomic mass is 16.6. The Balaban J connectivity index is 2.44. The molecule has 0 aliphatic carbocycles. The Labute approximate surface area is 83.2 Å². The lowest BCUT2D eigenvalue weighted by atomic mass is 10.2. The van der Waals surface area contributed by atoms with Gasteiger partial charge in [0.1, 0.15) is 6.61 Å². The smallest absolute Gasteiger partial charge is 0.416 e. The molecule has 0 aromatic carbocycles. The second-order valence-electron chi connectivity index (χ2n) is 3.25. The maximum Gasteiger partial charge on any atom is 0.416 e. The highest BCUT2D eigenvalue weighted by Crippen LogP contribution is 2.14. The number of unbranched alkanes of at least 4 members (excludes halogenated alkanes) is 1. The van der Waals surface area contributed by atoms with Crippen molar-refractivity contribution in [2.45, 2.75) is 32.2 Å². The van der Waals surface area contributed by atoms with Crippen LogP contribution in [-0.4, -0.2) is 29.5 Å². The highest BCUT2D eigenvalue weighted by molar-refractivity contribution is 5.93. The fourth-order valence-electron chi connectivity index (χ4n) is 1.33. The monoisotopic (exact) mass is 195 g/mol. The Bertz CT molecular complexity index is 280. The van der Waals surface area contributed by atoms with Crippen LogP contribution in [0, 0.1) is 12.3 Å². The van der Waals surface area contributed by atoms with E-state index in [0.29, 0.717) is 25.9 Å². The van der Waals surface area contributed by atoms with Crippen LogP contribution in [0.5, 0.6) is 0 Å². The van der Waals surface area contributed by atoms with E-state index in [9.17, 15) is 9.59 Å². The molecular weight excluding hydrogens is 182 g/mol. The molecule has 4 heteroatoms. The minimum atomic E-state index is -0.539. The number of ether oxygens (including phenoxy) is 1. The van der Waals surface area contributed by atoms with Crippen LogP contribution in [-0.2, 0) is 9.53 Å². The molecule has 0 radical (unpaired) electrons. The summed E-state index contributed by atoms with van der Waals surface area (Å²) in [7, 11) is 0. The summed E-state index contributed by atoms with van der Waals surface area (Å²) >= 11 is 0. The zero-order valence-corrected chi connectivity index (χ0v) is 8.16. The van der Waals surface area contributed by atoms with Crippen molar-refractivity contribution in [1.82, 2.24) is 4.90 Å². The predicted octanol–water partition coefficient (Wildman–Crippen LogP) is 1.16. The van der Waals surface area contributed by atoms with E-state index in [2.05, 4.69) is 5.92 Å². The van der Waals surface area contributed by atoms with Crippen LogP contribution in [0.15, 0.2) is 0 Å². The molecule has 0 bridgehead atoms. The summed E-state index contributed by atoms with van der Waals surface area (Å²) < 4.78 is 4.73. The molecule has 4 nitrogen and oxygen atoms in total. The minimum absolute atomic E-state index is 0.152. The predicted molar refractivity (Wildman–Crippen MR) is 50.3 cm³/mol. The van der Waals surface area contributed by atoms with Crippen LogP contribution in [0.25, 0.3) is 0 Å². The van der Waals surface area contributed by atoms with Crippen LogP contribution in [0.2, 0.25) is 0 Å². The Morgan fingerprint density at radius 3 is 3.00 bits per heavy atom. The largest absolute Gasteiger partial charge is 0.447 e. The zero-order chi connectivity index (χ0) is 10.6. The summed E-state index contributed by atoms with van der Waals surface area (Å²) in [4.78, 5) is 23.8. The Morgan fingerprint density at radius 1 is 1.79 bits per heavy atom. The molecule has 0 aromatic heterocycles. The summed E-state index contributed by atoms with van der Waals surface area (Å²) in [5, 5.41) is 0. The fraction of sp³-hybridized carbons (Fsp3) is 0.600. The number of cyclic esters (lactones) is 1. The van der Waals surface area contributed by atoms with Gasteiger partial charge < -0.3 is 4.74 Å². The minimum Gasteiger partial charge on any atom is -0.447 e. The third-order valence-corrected chi connectivity index (χ3v) is 2.07. The maximum absolute atomic E-state index is 11.5. The van der Waals surface area contributed by atoms with Crippen LogP contribution < -0.4 is 0 Å². The molecule has 1 aliphatic rings. The Kier molecular flexibility index (Phi) is 3.52. The number of imide groups is 1. The summed E-state index contributed by atoms with van der Waals surface area (Å²) in [5.74, 6) is 2.25. The first-order valence-electron chi connectivity index (χ1n) is 4.59. The number of hydrogen-bond acceptors (Lipinski definition) is 3. The second-order valence-corrected chi connectivity index (χ2v) is 3.25. The van der Waals surface area contributed by atoms with E-state index >= 15 is 0 Å². The van der Waals surface area contributed by atoms with Crippen molar-refractivity contribution in [1.29, 1.82) is 0 Å². The van der Waals surface area contributed by atoms with E-state index in [-0.39, 0.29) is 11.9 Å². The van der Waals surface area contributed by atoms with Gasteiger partial charge in [-0.1, -0.05) is 0 Å². The van der Waals surface area contributed by atoms with Crippen molar-refractivity contribution < 1.29 is 14.3 Å². The van der Waals surface area contributed by atoms with Gasteiger partial charge in [-0.3, -0.25) is 4.79 Å². The van der Waals surface area contributed by atoms with Crippen molar-refractivity contribution in [2.75, 3.05) is 6.61 Å². The first-order chi connectivity index (χ1) is 6.66. The molecule has 1 aliphatic heterocycles. The molecule has 0 unspecified atom stereocenters. The summed E-state index contributed by atoms with van der Waals surface area (Å²) in [5.41, 5.74) is 0. The molecule has 0 saturated carbocycles. The number of carbonyl (C=O) groups is 2. The molecular formula is C10H13NO3. The van der Waals surface area contributed by atoms with E-state index in [1.807, 2.05) is 0 Å². The molecule has 0 spiro atoms. The van der Waals surface area contributed by atoms with E-state index in [1.54, 1.807) is 6.92 Å². The van der Waals surface area contributed by atoms with E-state index in [0.717, 1.165) is 4.90 Å². The standard InChI is InChI=1S/C10H13NO3/c1-3-4-5-6-9(12)11-8(2)7-14-10(11)13/h1,8H,4-7H2,2H3/t8-/m0/s1. The van der Waals surface area contributed by atoms with Crippen molar-refractivity contribution in [3.63, 3.8) is 0 Å². The van der Waals surface area contributed by atoms with Gasteiger partial charge in [-0.25, -0.2) is 9.69 Å². The van der Waals surface area contributed by atoms with Gasteiger partial charge in [0.2, 0.25) is 5.91 Å². The number of hydrogen-bond donors (Lipinski definition) is 0. The van der Waals surface area contributed by atoms with E-state index in [4.69, 9.17) is 11.2 Å². The van der Waals surface area contributed by atoms with E-state index in [1.165, 1.54) is 0 Å². The number of rotatable bonds is 3. The maximum atomic E-state index is 11.5. The fourth-order valence-corrected chi connectivity index (χ4v) is 1.33. The number of carbonyl (C=O) groups excluding carboxylic acids is 2. The average Bonchev–Trinajstić information content (AvgIpc) is 2.46. The third-order valence-electron chi connectivity index (χ3n) is 2.07. The molecule has 1 heterocycles. The van der Waals surface area contributed by atoms with Gasteiger partial charge in [0.05, 0.1) is 6.04 Å². The van der Waals surface area contributed by atoms with Gasteiger partial charge in [-0.05, 0) is 13.3 Å². The van der Waals surface area contributed by atoms with Crippen molar-refractivity contribution >= 4 is 12.0 Å². The van der Waals surface area contributed by atoms with Gasteiger partial charge in [0.25, 0.3) is 0 Å². The Hall–Kier alpha value is -1.50. The van der Waals surface area contributed by atoms with Gasteiger partial charge in [-0.2, -0.15) is 0 Å². The molecule has 1 fully saturated rings. The summed E-state index contributed by atoms with van der Waals surface area (Å²) in [6, 6.07) is -0.152. The first kappa shape index (κ1) is 10.6. The molecule has 76 valence electrons. The van der Waals surface area contributed by atoms with Gasteiger partial charge in [0, 0.05) is 12.8 Å². The van der Waals surface area contributed by atoms with Gasteiger partial charge in [-0.15, -0.1) is 12.3 Å². The number of nitrogens with zero attached hydrogens (tertiary/aromatic N) is 1. The van der Waals surface area contributed by atoms with Crippen LogP contribution in [0.1, 0.15) is 26.2 Å². The number of amides is 2. The lowest BCUT2D eigenvalue weighted by Gasteiger charge is -2.15. The topological polar surface area (TPSA) is 46.6 Å². The molecule has 2 amide bonds. The molecule has 1 atom stereocenters. The zero-order valence-electron chi connectivity index (χ0n) is 8.16. The van der Waals surface area contributed by atoms with Crippen LogP contribution in [0.4, 0.5) is 4.79 Å². The van der Waals surface area contributed by atoms with Crippen LogP contribution in [0.3, 0.4) is 0 Å². The van der Waals surface area contributed by atoms with Gasteiger partial charge >= 0.3 is 6.09 Å². The molecule has 14 heavy (non-hydrogen) atoms. The van der Waals surface area contributed by atoms with E-state index < -0.39 is 6.09 Å². The number of terminal acetylenes is 1. The average molecular weight is 195 g/mol. The molecule has 0 aromatic rings. The molecule has 1 saturated heterocycles. The summed E-state index contributed by atoms with van der Waals surface area (Å²) in [6.45, 7) is 2.07. The van der Waals surface area contributed by atoms with Crippen molar-refractivity contribution in [2.24, 2.45) is 0 Å².